The van der Waals surface area contributed by atoms with E-state index in [0.29, 0.717) is 44.9 Å². The largest absolute Gasteiger partial charge is 0.336 e. The van der Waals surface area contributed by atoms with Crippen LogP contribution in [-0.2, 0) is 22.8 Å². The fourth-order valence-corrected chi connectivity index (χ4v) is 5.32. The van der Waals surface area contributed by atoms with Crippen molar-refractivity contribution in [1.29, 1.82) is 0 Å². The zero-order chi connectivity index (χ0) is 28.6. The molecule has 0 aliphatic rings. The molecule has 0 fully saturated rings. The molecule has 1 aromatic carbocycles. The predicted molar refractivity (Wildman–Crippen MR) is 156 cm³/mol. The molecule has 5 aromatic heterocycles. The van der Waals surface area contributed by atoms with Crippen molar-refractivity contribution in [2.75, 3.05) is 18.6 Å². The number of rotatable bonds is 9. The van der Waals surface area contributed by atoms with Gasteiger partial charge >= 0.3 is 0 Å². The summed E-state index contributed by atoms with van der Waals surface area (Å²) in [7, 11) is -3.19. The van der Waals surface area contributed by atoms with Crippen molar-refractivity contribution in [2.45, 2.75) is 19.9 Å². The van der Waals surface area contributed by atoms with Gasteiger partial charge in [0, 0.05) is 42.5 Å². The average Bonchev–Trinajstić information content (AvgIpc) is 3.58. The minimum Gasteiger partial charge on any atom is -0.336 e. The Morgan fingerprint density at radius 1 is 0.927 bits per heavy atom. The van der Waals surface area contributed by atoms with Crippen LogP contribution in [0.25, 0.3) is 56.1 Å². The van der Waals surface area contributed by atoms with Crippen molar-refractivity contribution in [3.63, 3.8) is 0 Å². The van der Waals surface area contributed by atoms with Crippen LogP contribution in [0, 0.1) is 5.82 Å². The van der Waals surface area contributed by atoms with E-state index >= 15 is 0 Å². The first kappa shape index (κ1) is 26.7. The molecular weight excluding hydrogens is 543 g/mol. The molecule has 0 radical (unpaired) electrons. The van der Waals surface area contributed by atoms with E-state index in [1.54, 1.807) is 24.5 Å². The van der Waals surface area contributed by atoms with Gasteiger partial charge in [-0.15, -0.1) is 0 Å². The van der Waals surface area contributed by atoms with Crippen LogP contribution in [0.15, 0.2) is 61.1 Å². The summed E-state index contributed by atoms with van der Waals surface area (Å²) in [6.07, 6.45) is 6.60. The van der Waals surface area contributed by atoms with Crippen LogP contribution >= 0.6 is 0 Å². The normalized spacial score (nSPS) is 12.0. The molecule has 6 aromatic rings. The fourth-order valence-electron chi connectivity index (χ4n) is 4.71. The lowest BCUT2D eigenvalue weighted by Gasteiger charge is -2.06. The number of aromatic nitrogens is 7. The standard InChI is InChI=1S/C29H27FN8O2S/c1-3-31-14-18-11-20(16-32-15-18)22-4-5-24-27(34-22)28(38-37-24)29-35-23-6-8-33-25(26(23)36-29)19-10-17(12-21(30)13-19)7-9-41(2,39)40/h4-6,8,10-13,15-16,31H,3,7,9,14H2,1-2H3,(H,35,36)(H,37,38). The summed E-state index contributed by atoms with van der Waals surface area (Å²) >= 11 is 0. The number of hydrogen-bond donors (Lipinski definition) is 3. The molecule has 5 heterocycles. The second-order valence-electron chi connectivity index (χ2n) is 9.90. The molecule has 208 valence electrons. The molecule has 0 aliphatic carbocycles. The van der Waals surface area contributed by atoms with Crippen LogP contribution in [0.2, 0.25) is 0 Å². The highest BCUT2D eigenvalue weighted by Gasteiger charge is 2.18. The number of benzene rings is 1. The van der Waals surface area contributed by atoms with Gasteiger partial charge in [0.25, 0.3) is 0 Å². The average molecular weight is 571 g/mol. The first-order valence-corrected chi connectivity index (χ1v) is 15.2. The van der Waals surface area contributed by atoms with E-state index in [0.717, 1.165) is 41.7 Å². The molecule has 0 atom stereocenters. The van der Waals surface area contributed by atoms with E-state index in [2.05, 4.69) is 43.5 Å². The van der Waals surface area contributed by atoms with Gasteiger partial charge in [0.1, 0.15) is 26.7 Å². The summed E-state index contributed by atoms with van der Waals surface area (Å²) in [5.41, 5.74) is 7.42. The Labute approximate surface area is 235 Å². The number of fused-ring (bicyclic) bond motifs is 2. The molecule has 0 spiro atoms. The Balaban J connectivity index is 1.39. The van der Waals surface area contributed by atoms with Gasteiger partial charge in [-0.2, -0.15) is 5.10 Å². The summed E-state index contributed by atoms with van der Waals surface area (Å²) < 4.78 is 37.8. The van der Waals surface area contributed by atoms with Gasteiger partial charge in [0.05, 0.1) is 28.2 Å². The molecule has 12 heteroatoms. The minimum absolute atomic E-state index is 0.0721. The van der Waals surface area contributed by atoms with Gasteiger partial charge in [-0.05, 0) is 66.6 Å². The number of sulfone groups is 1. The van der Waals surface area contributed by atoms with Crippen molar-refractivity contribution in [3.8, 4) is 34.0 Å². The zero-order valence-electron chi connectivity index (χ0n) is 22.4. The smallest absolute Gasteiger partial charge is 0.161 e. The monoisotopic (exact) mass is 570 g/mol. The van der Waals surface area contributed by atoms with Crippen LogP contribution < -0.4 is 5.32 Å². The van der Waals surface area contributed by atoms with E-state index in [4.69, 9.17) is 9.97 Å². The second-order valence-corrected chi connectivity index (χ2v) is 12.2. The molecule has 0 saturated heterocycles. The van der Waals surface area contributed by atoms with E-state index in [9.17, 15) is 12.8 Å². The van der Waals surface area contributed by atoms with Crippen LogP contribution in [0.4, 0.5) is 4.39 Å². The SMILES string of the molecule is CCNCc1cncc(-c2ccc3[nH]nc(-c4nc5c(-c6cc(F)cc(CCS(C)(=O)=O)c6)nccc5[nH]4)c3n2)c1. The summed E-state index contributed by atoms with van der Waals surface area (Å²) in [6, 6.07) is 12.2. The lowest BCUT2D eigenvalue weighted by atomic mass is 10.0. The number of imidazole rings is 1. The van der Waals surface area contributed by atoms with Crippen molar-refractivity contribution < 1.29 is 12.8 Å². The molecular formula is C29H27FN8O2S. The molecule has 0 aliphatic heterocycles. The van der Waals surface area contributed by atoms with Gasteiger partial charge in [-0.25, -0.2) is 22.8 Å². The number of H-pyrrole nitrogens is 2. The Hall–Kier alpha value is -4.55. The maximum atomic E-state index is 14.6. The van der Waals surface area contributed by atoms with E-state index in [-0.39, 0.29) is 12.2 Å². The molecule has 10 nitrogen and oxygen atoms in total. The lowest BCUT2D eigenvalue weighted by Crippen LogP contribution is -2.11. The summed E-state index contributed by atoms with van der Waals surface area (Å²) in [6.45, 7) is 3.64. The Morgan fingerprint density at radius 3 is 2.59 bits per heavy atom. The predicted octanol–water partition coefficient (Wildman–Crippen LogP) is 4.46. The van der Waals surface area contributed by atoms with Crippen LogP contribution in [0.1, 0.15) is 18.1 Å². The van der Waals surface area contributed by atoms with Crippen molar-refractivity contribution in [2.24, 2.45) is 0 Å². The number of hydrogen-bond acceptors (Lipinski definition) is 8. The van der Waals surface area contributed by atoms with Crippen molar-refractivity contribution in [3.05, 3.63) is 78.0 Å². The summed E-state index contributed by atoms with van der Waals surface area (Å²) in [5, 5.41) is 10.8. The highest BCUT2D eigenvalue weighted by Crippen LogP contribution is 2.31. The molecule has 6 rings (SSSR count). The van der Waals surface area contributed by atoms with Crippen molar-refractivity contribution >= 4 is 31.9 Å². The number of halogens is 1. The minimum atomic E-state index is -3.19. The van der Waals surface area contributed by atoms with Gasteiger partial charge in [-0.3, -0.25) is 15.1 Å². The third-order valence-corrected chi connectivity index (χ3v) is 7.64. The highest BCUT2D eigenvalue weighted by molar-refractivity contribution is 7.90. The van der Waals surface area contributed by atoms with Gasteiger partial charge in [-0.1, -0.05) is 6.92 Å². The lowest BCUT2D eigenvalue weighted by molar-refractivity contribution is 0.600. The third-order valence-electron chi connectivity index (χ3n) is 6.70. The number of nitrogens with zero attached hydrogens (tertiary/aromatic N) is 5. The number of nitrogens with one attached hydrogen (secondary N) is 3. The number of aromatic amines is 2. The van der Waals surface area contributed by atoms with Crippen molar-refractivity contribution in [1.82, 2.24) is 40.4 Å². The molecule has 3 N–H and O–H groups in total. The highest BCUT2D eigenvalue weighted by atomic mass is 32.2. The Bertz CT molecular complexity index is 2000. The van der Waals surface area contributed by atoms with Gasteiger partial charge in [0.15, 0.2) is 11.5 Å². The molecule has 0 unspecified atom stereocenters. The maximum absolute atomic E-state index is 14.6. The van der Waals surface area contributed by atoms with Crippen LogP contribution in [0.3, 0.4) is 0 Å². The molecule has 41 heavy (non-hydrogen) atoms. The third kappa shape index (κ3) is 5.70. The Morgan fingerprint density at radius 2 is 1.76 bits per heavy atom. The van der Waals surface area contributed by atoms with E-state index in [1.807, 2.05) is 18.3 Å². The molecule has 0 amide bonds. The quantitative estimate of drug-likeness (QED) is 0.231. The van der Waals surface area contributed by atoms with Gasteiger partial charge in [0.2, 0.25) is 0 Å². The number of pyridine rings is 3. The van der Waals surface area contributed by atoms with Crippen LogP contribution in [-0.4, -0.2) is 62.1 Å². The summed E-state index contributed by atoms with van der Waals surface area (Å²) in [5.74, 6) is -0.0606. The fraction of sp³-hybridized carbons (Fsp3) is 0.207. The van der Waals surface area contributed by atoms with E-state index in [1.165, 1.54) is 12.1 Å². The van der Waals surface area contributed by atoms with E-state index < -0.39 is 15.7 Å². The maximum Gasteiger partial charge on any atom is 0.161 e. The van der Waals surface area contributed by atoms with Crippen LogP contribution in [0.5, 0.6) is 0 Å². The molecule has 0 bridgehead atoms. The molecule has 0 saturated carbocycles. The Kier molecular flexibility index (Phi) is 7.01. The summed E-state index contributed by atoms with van der Waals surface area (Å²) in [4.78, 5) is 21.8. The van der Waals surface area contributed by atoms with Gasteiger partial charge < -0.3 is 10.3 Å². The first-order valence-electron chi connectivity index (χ1n) is 13.1. The number of aryl methyl sites for hydroxylation is 1. The first-order chi connectivity index (χ1) is 19.8. The zero-order valence-corrected chi connectivity index (χ0v) is 23.3. The second kappa shape index (κ2) is 10.8. The topological polar surface area (TPSA) is 142 Å².